The molecular weight excluding hydrogens is 302 g/mol. The number of nitrogens with zero attached hydrogens (tertiary/aromatic N) is 1. The molecule has 0 fully saturated rings. The molecule has 0 aliphatic rings. The molecule has 0 heterocycles. The van der Waals surface area contributed by atoms with Gasteiger partial charge in [-0.2, -0.15) is 0 Å². The lowest BCUT2D eigenvalue weighted by atomic mass is 10.1. The summed E-state index contributed by atoms with van der Waals surface area (Å²) < 4.78 is 0.936. The summed E-state index contributed by atoms with van der Waals surface area (Å²) in [4.78, 5) is 13.9. The summed E-state index contributed by atoms with van der Waals surface area (Å²) in [5, 5.41) is 0. The van der Waals surface area contributed by atoms with Gasteiger partial charge in [-0.05, 0) is 40.0 Å². The average molecular weight is 318 g/mol. The van der Waals surface area contributed by atoms with Crippen molar-refractivity contribution in [3.8, 4) is 0 Å². The number of rotatable bonds is 4. The zero-order valence-corrected chi connectivity index (χ0v) is 12.4. The topological polar surface area (TPSA) is 20.3 Å². The fraction of sp³-hybridized carbons (Fsp3) is 0.188. The van der Waals surface area contributed by atoms with Gasteiger partial charge in [0.05, 0.1) is 5.69 Å². The van der Waals surface area contributed by atoms with Crippen molar-refractivity contribution in [2.45, 2.75) is 12.8 Å². The molecule has 2 rings (SSSR count). The molecule has 98 valence electrons. The summed E-state index contributed by atoms with van der Waals surface area (Å²) in [6.45, 7) is 0. The van der Waals surface area contributed by atoms with E-state index in [-0.39, 0.29) is 5.91 Å². The molecule has 0 aromatic heterocycles. The largest absolute Gasteiger partial charge is 0.314 e. The van der Waals surface area contributed by atoms with Crippen molar-refractivity contribution in [1.29, 1.82) is 0 Å². The Bertz CT molecular complexity index is 554. The quantitative estimate of drug-likeness (QED) is 0.833. The van der Waals surface area contributed by atoms with Gasteiger partial charge in [-0.1, -0.05) is 42.5 Å². The van der Waals surface area contributed by atoms with E-state index in [1.807, 2.05) is 61.6 Å². The van der Waals surface area contributed by atoms with Gasteiger partial charge in [0.1, 0.15) is 0 Å². The van der Waals surface area contributed by atoms with E-state index in [0.29, 0.717) is 6.42 Å². The van der Waals surface area contributed by atoms with Crippen molar-refractivity contribution in [2.75, 3.05) is 11.9 Å². The van der Waals surface area contributed by atoms with Crippen LogP contribution in [0.4, 0.5) is 5.69 Å². The standard InChI is InChI=1S/C16H16BrNO/c1-18(15-10-6-5-9-14(15)17)16(19)12-11-13-7-3-2-4-8-13/h2-10H,11-12H2,1H3. The first-order valence-electron chi connectivity index (χ1n) is 6.23. The van der Waals surface area contributed by atoms with Gasteiger partial charge in [-0.15, -0.1) is 0 Å². The molecule has 0 spiro atoms. The third-order valence-corrected chi connectivity index (χ3v) is 3.73. The predicted molar refractivity (Wildman–Crippen MR) is 82.3 cm³/mol. The number of carbonyl (C=O) groups excluding carboxylic acids is 1. The van der Waals surface area contributed by atoms with E-state index in [0.717, 1.165) is 16.6 Å². The SMILES string of the molecule is CN(C(=O)CCc1ccccc1)c1ccccc1Br. The average Bonchev–Trinajstić information content (AvgIpc) is 2.45. The molecule has 2 aromatic rings. The zero-order chi connectivity index (χ0) is 13.7. The van der Waals surface area contributed by atoms with E-state index < -0.39 is 0 Å². The molecule has 0 aliphatic heterocycles. The van der Waals surface area contributed by atoms with E-state index >= 15 is 0 Å². The van der Waals surface area contributed by atoms with Crippen LogP contribution in [0, 0.1) is 0 Å². The minimum absolute atomic E-state index is 0.121. The first-order chi connectivity index (χ1) is 9.18. The van der Waals surface area contributed by atoms with Crippen LogP contribution in [-0.2, 0) is 11.2 Å². The van der Waals surface area contributed by atoms with Gasteiger partial charge < -0.3 is 4.90 Å². The number of halogens is 1. The maximum atomic E-state index is 12.2. The minimum atomic E-state index is 0.121. The summed E-state index contributed by atoms with van der Waals surface area (Å²) in [5.41, 5.74) is 2.09. The Morgan fingerprint density at radius 1 is 1.05 bits per heavy atom. The molecule has 3 heteroatoms. The van der Waals surface area contributed by atoms with Crippen LogP contribution in [0.1, 0.15) is 12.0 Å². The van der Waals surface area contributed by atoms with Crippen molar-refractivity contribution in [3.05, 3.63) is 64.6 Å². The monoisotopic (exact) mass is 317 g/mol. The molecule has 0 atom stereocenters. The first-order valence-corrected chi connectivity index (χ1v) is 7.03. The number of anilines is 1. The summed E-state index contributed by atoms with van der Waals surface area (Å²) in [6, 6.07) is 17.8. The fourth-order valence-corrected chi connectivity index (χ4v) is 2.47. The second-order valence-corrected chi connectivity index (χ2v) is 5.24. The number of hydrogen-bond acceptors (Lipinski definition) is 1. The van der Waals surface area contributed by atoms with Crippen LogP contribution in [0.25, 0.3) is 0 Å². The van der Waals surface area contributed by atoms with E-state index in [1.165, 1.54) is 5.56 Å². The number of hydrogen-bond donors (Lipinski definition) is 0. The van der Waals surface area contributed by atoms with Crippen molar-refractivity contribution in [1.82, 2.24) is 0 Å². The van der Waals surface area contributed by atoms with Gasteiger partial charge in [0, 0.05) is 17.9 Å². The van der Waals surface area contributed by atoms with Gasteiger partial charge >= 0.3 is 0 Å². The molecule has 0 aliphatic carbocycles. The van der Waals surface area contributed by atoms with Crippen LogP contribution >= 0.6 is 15.9 Å². The van der Waals surface area contributed by atoms with E-state index in [2.05, 4.69) is 15.9 Å². The van der Waals surface area contributed by atoms with Crippen molar-refractivity contribution >= 4 is 27.5 Å². The number of para-hydroxylation sites is 1. The molecule has 2 nitrogen and oxygen atoms in total. The third-order valence-electron chi connectivity index (χ3n) is 3.06. The van der Waals surface area contributed by atoms with Crippen LogP contribution in [0.5, 0.6) is 0 Å². The zero-order valence-electron chi connectivity index (χ0n) is 10.8. The van der Waals surface area contributed by atoms with Gasteiger partial charge in [-0.3, -0.25) is 4.79 Å². The molecule has 0 N–H and O–H groups in total. The van der Waals surface area contributed by atoms with Crippen LogP contribution in [0.2, 0.25) is 0 Å². The Hall–Kier alpha value is -1.61. The second-order valence-electron chi connectivity index (χ2n) is 4.39. The lowest BCUT2D eigenvalue weighted by Crippen LogP contribution is -2.26. The first kappa shape index (κ1) is 13.8. The molecule has 0 unspecified atom stereocenters. The number of benzene rings is 2. The Morgan fingerprint density at radius 2 is 1.68 bits per heavy atom. The smallest absolute Gasteiger partial charge is 0.227 e. The third kappa shape index (κ3) is 3.67. The lowest BCUT2D eigenvalue weighted by Gasteiger charge is -2.18. The number of carbonyl (C=O) groups is 1. The van der Waals surface area contributed by atoms with Crippen LogP contribution in [0.15, 0.2) is 59.1 Å². The number of aryl methyl sites for hydroxylation is 1. The summed E-state index contributed by atoms with van der Waals surface area (Å²) in [5.74, 6) is 0.121. The van der Waals surface area contributed by atoms with Crippen LogP contribution in [-0.4, -0.2) is 13.0 Å². The van der Waals surface area contributed by atoms with Gasteiger partial charge in [0.15, 0.2) is 0 Å². The van der Waals surface area contributed by atoms with Crippen molar-refractivity contribution in [2.24, 2.45) is 0 Å². The molecule has 0 saturated heterocycles. The van der Waals surface area contributed by atoms with Crippen LogP contribution in [0.3, 0.4) is 0 Å². The van der Waals surface area contributed by atoms with Gasteiger partial charge in [0.2, 0.25) is 5.91 Å². The molecule has 0 radical (unpaired) electrons. The Balaban J connectivity index is 1.99. The minimum Gasteiger partial charge on any atom is -0.314 e. The molecule has 0 saturated carbocycles. The maximum Gasteiger partial charge on any atom is 0.227 e. The summed E-state index contributed by atoms with van der Waals surface area (Å²) >= 11 is 3.47. The van der Waals surface area contributed by atoms with Gasteiger partial charge in [-0.25, -0.2) is 0 Å². The summed E-state index contributed by atoms with van der Waals surface area (Å²) in [6.07, 6.45) is 1.29. The molecule has 1 amide bonds. The molecule has 19 heavy (non-hydrogen) atoms. The molecule has 0 bridgehead atoms. The predicted octanol–water partition coefficient (Wildman–Crippen LogP) is 4.04. The Morgan fingerprint density at radius 3 is 2.37 bits per heavy atom. The lowest BCUT2D eigenvalue weighted by molar-refractivity contribution is -0.118. The second kappa shape index (κ2) is 6.53. The highest BCUT2D eigenvalue weighted by Crippen LogP contribution is 2.25. The highest BCUT2D eigenvalue weighted by atomic mass is 79.9. The van der Waals surface area contributed by atoms with Crippen molar-refractivity contribution < 1.29 is 4.79 Å². The normalized spacial score (nSPS) is 10.2. The van der Waals surface area contributed by atoms with E-state index in [1.54, 1.807) is 4.90 Å². The van der Waals surface area contributed by atoms with Gasteiger partial charge in [0.25, 0.3) is 0 Å². The maximum absolute atomic E-state index is 12.2. The van der Waals surface area contributed by atoms with Crippen LogP contribution < -0.4 is 4.90 Å². The highest BCUT2D eigenvalue weighted by molar-refractivity contribution is 9.10. The van der Waals surface area contributed by atoms with E-state index in [9.17, 15) is 4.79 Å². The Kier molecular flexibility index (Phi) is 4.74. The fourth-order valence-electron chi connectivity index (χ4n) is 1.92. The highest BCUT2D eigenvalue weighted by Gasteiger charge is 2.12. The molecular formula is C16H16BrNO. The number of amides is 1. The summed E-state index contributed by atoms with van der Waals surface area (Å²) in [7, 11) is 1.81. The van der Waals surface area contributed by atoms with Crippen molar-refractivity contribution in [3.63, 3.8) is 0 Å². The Labute approximate surface area is 122 Å². The van der Waals surface area contributed by atoms with E-state index in [4.69, 9.17) is 0 Å². The molecule has 2 aromatic carbocycles.